The molecule has 1 fully saturated rings. The molecule has 0 saturated carbocycles. The SMILES string of the molecule is CCCNS(=O)(=O)c1ccccc1NC1CCCNCC1. The Labute approximate surface area is 127 Å². The number of rotatable bonds is 6. The van der Waals surface area contributed by atoms with Crippen LogP contribution in [0.1, 0.15) is 32.6 Å². The summed E-state index contributed by atoms with van der Waals surface area (Å²) in [6.07, 6.45) is 3.96. The summed E-state index contributed by atoms with van der Waals surface area (Å²) in [4.78, 5) is 0.343. The van der Waals surface area contributed by atoms with Gasteiger partial charge in [0.25, 0.3) is 0 Å². The lowest BCUT2D eigenvalue weighted by Crippen LogP contribution is -2.27. The molecular weight excluding hydrogens is 286 g/mol. The van der Waals surface area contributed by atoms with E-state index in [1.54, 1.807) is 12.1 Å². The molecule has 0 amide bonds. The van der Waals surface area contributed by atoms with E-state index in [2.05, 4.69) is 15.4 Å². The second kappa shape index (κ2) is 7.77. The Bertz CT molecular complexity index is 538. The summed E-state index contributed by atoms with van der Waals surface area (Å²) >= 11 is 0. The molecule has 3 N–H and O–H groups in total. The maximum absolute atomic E-state index is 12.4. The first-order valence-corrected chi connectivity index (χ1v) is 9.18. The highest BCUT2D eigenvalue weighted by Gasteiger charge is 2.20. The summed E-state index contributed by atoms with van der Waals surface area (Å²) < 4.78 is 27.4. The quantitative estimate of drug-likeness (QED) is 0.751. The summed E-state index contributed by atoms with van der Waals surface area (Å²) in [5.74, 6) is 0. The van der Waals surface area contributed by atoms with Gasteiger partial charge in [-0.25, -0.2) is 13.1 Å². The molecule has 0 aromatic heterocycles. The summed E-state index contributed by atoms with van der Waals surface area (Å²) in [5.41, 5.74) is 0.702. The Morgan fingerprint density at radius 2 is 2.05 bits per heavy atom. The Hall–Kier alpha value is -1.11. The molecule has 118 valence electrons. The van der Waals surface area contributed by atoms with Crippen LogP contribution in [0, 0.1) is 0 Å². The van der Waals surface area contributed by atoms with E-state index in [1.807, 2.05) is 19.1 Å². The summed E-state index contributed by atoms with van der Waals surface area (Å²) in [7, 11) is -3.44. The van der Waals surface area contributed by atoms with Crippen LogP contribution in [0.4, 0.5) is 5.69 Å². The van der Waals surface area contributed by atoms with E-state index in [-0.39, 0.29) is 0 Å². The van der Waals surface area contributed by atoms with Crippen LogP contribution in [0.3, 0.4) is 0 Å². The zero-order valence-corrected chi connectivity index (χ0v) is 13.4. The van der Waals surface area contributed by atoms with Gasteiger partial charge in [0.05, 0.1) is 5.69 Å². The molecule has 0 spiro atoms. The van der Waals surface area contributed by atoms with Crippen molar-refractivity contribution in [1.29, 1.82) is 0 Å². The van der Waals surface area contributed by atoms with Gasteiger partial charge in [-0.2, -0.15) is 0 Å². The van der Waals surface area contributed by atoms with Crippen molar-refractivity contribution in [2.75, 3.05) is 25.0 Å². The molecule has 1 unspecified atom stereocenters. The fraction of sp³-hybridized carbons (Fsp3) is 0.600. The topological polar surface area (TPSA) is 70.2 Å². The van der Waals surface area contributed by atoms with Crippen LogP contribution in [0.25, 0.3) is 0 Å². The Morgan fingerprint density at radius 3 is 2.86 bits per heavy atom. The van der Waals surface area contributed by atoms with E-state index < -0.39 is 10.0 Å². The molecule has 1 saturated heterocycles. The van der Waals surface area contributed by atoms with Crippen molar-refractivity contribution < 1.29 is 8.42 Å². The third kappa shape index (κ3) is 4.69. The molecule has 0 aliphatic carbocycles. The van der Waals surface area contributed by atoms with Crippen LogP contribution < -0.4 is 15.4 Å². The Kier molecular flexibility index (Phi) is 6.02. The lowest BCUT2D eigenvalue weighted by Gasteiger charge is -2.20. The van der Waals surface area contributed by atoms with Crippen LogP contribution in [0.2, 0.25) is 0 Å². The second-order valence-electron chi connectivity index (χ2n) is 5.42. The average molecular weight is 311 g/mol. The number of hydrogen-bond donors (Lipinski definition) is 3. The van der Waals surface area contributed by atoms with Crippen LogP contribution in [-0.4, -0.2) is 34.1 Å². The van der Waals surface area contributed by atoms with E-state index in [0.29, 0.717) is 23.2 Å². The molecule has 1 aromatic rings. The summed E-state index contributed by atoms with van der Waals surface area (Å²) in [6, 6.07) is 7.47. The standard InChI is InChI=1S/C15H25N3O2S/c1-2-10-17-21(19,20)15-8-4-3-7-14(15)18-13-6-5-11-16-12-9-13/h3-4,7-8,13,16-18H,2,5-6,9-12H2,1H3. The van der Waals surface area contributed by atoms with Gasteiger partial charge in [0.1, 0.15) is 4.90 Å². The van der Waals surface area contributed by atoms with Crippen molar-refractivity contribution in [1.82, 2.24) is 10.0 Å². The fourth-order valence-corrected chi connectivity index (χ4v) is 3.82. The molecule has 1 atom stereocenters. The third-order valence-corrected chi connectivity index (χ3v) is 5.17. The van der Waals surface area contributed by atoms with Crippen molar-refractivity contribution >= 4 is 15.7 Å². The number of sulfonamides is 1. The minimum atomic E-state index is -3.44. The molecule has 1 aromatic carbocycles. The first-order valence-electron chi connectivity index (χ1n) is 7.69. The predicted octanol–water partition coefficient (Wildman–Crippen LogP) is 1.93. The van der Waals surface area contributed by atoms with Gasteiger partial charge in [0.2, 0.25) is 10.0 Å². The van der Waals surface area contributed by atoms with Gasteiger partial charge in [0, 0.05) is 12.6 Å². The van der Waals surface area contributed by atoms with Crippen molar-refractivity contribution in [3.8, 4) is 0 Å². The minimum absolute atomic E-state index is 0.322. The van der Waals surface area contributed by atoms with Gasteiger partial charge in [-0.3, -0.25) is 0 Å². The number of anilines is 1. The summed E-state index contributed by atoms with van der Waals surface area (Å²) in [5, 5.41) is 6.78. The lowest BCUT2D eigenvalue weighted by atomic mass is 10.1. The molecule has 0 bridgehead atoms. The van der Waals surface area contributed by atoms with Gasteiger partial charge in [-0.05, 0) is 50.9 Å². The van der Waals surface area contributed by atoms with Crippen molar-refractivity contribution in [2.24, 2.45) is 0 Å². The molecule has 1 heterocycles. The Balaban J connectivity index is 2.16. The average Bonchev–Trinajstić information content (AvgIpc) is 2.74. The highest BCUT2D eigenvalue weighted by atomic mass is 32.2. The van der Waals surface area contributed by atoms with Crippen LogP contribution in [0.15, 0.2) is 29.2 Å². The molecule has 1 aliphatic rings. The molecular formula is C15H25N3O2S. The van der Waals surface area contributed by atoms with Gasteiger partial charge >= 0.3 is 0 Å². The van der Waals surface area contributed by atoms with E-state index in [9.17, 15) is 8.42 Å². The van der Waals surface area contributed by atoms with E-state index >= 15 is 0 Å². The summed E-state index contributed by atoms with van der Waals surface area (Å²) in [6.45, 7) is 4.42. The number of para-hydroxylation sites is 1. The zero-order valence-electron chi connectivity index (χ0n) is 12.6. The lowest BCUT2D eigenvalue weighted by molar-refractivity contribution is 0.580. The first-order chi connectivity index (χ1) is 10.1. The van der Waals surface area contributed by atoms with Gasteiger partial charge in [-0.1, -0.05) is 19.1 Å². The van der Waals surface area contributed by atoms with Gasteiger partial charge < -0.3 is 10.6 Å². The predicted molar refractivity (Wildman–Crippen MR) is 86.1 cm³/mol. The maximum atomic E-state index is 12.4. The molecule has 5 nitrogen and oxygen atoms in total. The fourth-order valence-electron chi connectivity index (χ4n) is 2.52. The normalized spacial score (nSPS) is 20.0. The Morgan fingerprint density at radius 1 is 1.24 bits per heavy atom. The van der Waals surface area contributed by atoms with E-state index in [1.165, 1.54) is 0 Å². The highest BCUT2D eigenvalue weighted by molar-refractivity contribution is 7.89. The van der Waals surface area contributed by atoms with Crippen molar-refractivity contribution in [3.63, 3.8) is 0 Å². The van der Waals surface area contributed by atoms with Crippen LogP contribution in [-0.2, 0) is 10.0 Å². The maximum Gasteiger partial charge on any atom is 0.242 e. The first kappa shape index (κ1) is 16.3. The second-order valence-corrected chi connectivity index (χ2v) is 7.15. The minimum Gasteiger partial charge on any atom is -0.381 e. The molecule has 2 rings (SSSR count). The van der Waals surface area contributed by atoms with Gasteiger partial charge in [0.15, 0.2) is 0 Å². The number of hydrogen-bond acceptors (Lipinski definition) is 4. The number of benzene rings is 1. The molecule has 0 radical (unpaired) electrons. The van der Waals surface area contributed by atoms with Crippen LogP contribution in [0.5, 0.6) is 0 Å². The van der Waals surface area contributed by atoms with E-state index in [0.717, 1.165) is 38.8 Å². The van der Waals surface area contributed by atoms with Crippen molar-refractivity contribution in [3.05, 3.63) is 24.3 Å². The van der Waals surface area contributed by atoms with Gasteiger partial charge in [-0.15, -0.1) is 0 Å². The largest absolute Gasteiger partial charge is 0.381 e. The highest BCUT2D eigenvalue weighted by Crippen LogP contribution is 2.23. The third-order valence-electron chi connectivity index (χ3n) is 3.65. The number of nitrogens with one attached hydrogen (secondary N) is 3. The smallest absolute Gasteiger partial charge is 0.242 e. The monoisotopic (exact) mass is 311 g/mol. The van der Waals surface area contributed by atoms with Crippen LogP contribution >= 0.6 is 0 Å². The molecule has 21 heavy (non-hydrogen) atoms. The zero-order chi connectivity index (χ0) is 15.1. The van der Waals surface area contributed by atoms with Crippen molar-refractivity contribution in [2.45, 2.75) is 43.5 Å². The van der Waals surface area contributed by atoms with E-state index in [4.69, 9.17) is 0 Å². The molecule has 6 heteroatoms. The molecule has 1 aliphatic heterocycles.